The summed E-state index contributed by atoms with van der Waals surface area (Å²) >= 11 is 0. The van der Waals surface area contributed by atoms with Crippen LogP contribution in [0.4, 0.5) is 10.5 Å². The topological polar surface area (TPSA) is 76.4 Å². The van der Waals surface area contributed by atoms with Crippen molar-refractivity contribution in [3.05, 3.63) is 29.8 Å². The maximum Gasteiger partial charge on any atom is 0.404 e. The lowest BCUT2D eigenvalue weighted by Crippen LogP contribution is -2.38. The number of rotatable bonds is 6. The van der Waals surface area contributed by atoms with Crippen LogP contribution in [0.2, 0.25) is 0 Å². The second kappa shape index (κ2) is 8.38. The first-order valence-corrected chi connectivity index (χ1v) is 8.87. The average molecular weight is 333 g/mol. The molecule has 0 aliphatic heterocycles. The van der Waals surface area contributed by atoms with Crippen LogP contribution in [0.1, 0.15) is 52.0 Å². The molecule has 0 aromatic heterocycles. The molecule has 134 valence electrons. The number of carbonyl (C=O) groups is 1. The number of hydrogen-bond acceptors (Lipinski definition) is 4. The minimum Gasteiger partial charge on any atom is -0.448 e. The quantitative estimate of drug-likeness (QED) is 0.698. The van der Waals surface area contributed by atoms with Crippen LogP contribution in [0, 0.1) is 0 Å². The van der Waals surface area contributed by atoms with E-state index in [4.69, 9.17) is 10.5 Å². The number of anilines is 1. The molecule has 1 amide bonds. The lowest BCUT2D eigenvalue weighted by Gasteiger charge is -2.30. The SMILES string of the molecule is CC(C)(C)c1ccc(NC2CCC(NCCOC(N)=O)CC2)cc1. The van der Waals surface area contributed by atoms with Gasteiger partial charge in [-0.15, -0.1) is 0 Å². The molecule has 0 spiro atoms. The highest BCUT2D eigenvalue weighted by Gasteiger charge is 2.21. The van der Waals surface area contributed by atoms with Crippen LogP contribution >= 0.6 is 0 Å². The van der Waals surface area contributed by atoms with Gasteiger partial charge in [-0.1, -0.05) is 32.9 Å². The summed E-state index contributed by atoms with van der Waals surface area (Å²) in [6, 6.07) is 9.84. The van der Waals surface area contributed by atoms with Crippen molar-refractivity contribution in [1.29, 1.82) is 0 Å². The maximum atomic E-state index is 10.5. The largest absolute Gasteiger partial charge is 0.448 e. The van der Waals surface area contributed by atoms with Crippen molar-refractivity contribution in [2.24, 2.45) is 5.73 Å². The van der Waals surface area contributed by atoms with E-state index >= 15 is 0 Å². The highest BCUT2D eigenvalue weighted by molar-refractivity contribution is 5.64. The van der Waals surface area contributed by atoms with E-state index in [1.165, 1.54) is 11.3 Å². The Hall–Kier alpha value is -1.75. The molecule has 0 heterocycles. The molecule has 5 heteroatoms. The number of benzene rings is 1. The van der Waals surface area contributed by atoms with Crippen LogP contribution in [0.15, 0.2) is 24.3 Å². The molecule has 0 atom stereocenters. The Morgan fingerprint density at radius 1 is 1.12 bits per heavy atom. The van der Waals surface area contributed by atoms with Crippen molar-refractivity contribution >= 4 is 11.8 Å². The monoisotopic (exact) mass is 333 g/mol. The molecule has 4 N–H and O–H groups in total. The molecular formula is C19H31N3O2. The third-order valence-electron chi connectivity index (χ3n) is 4.63. The molecule has 0 unspecified atom stereocenters. The Bertz CT molecular complexity index is 514. The predicted molar refractivity (Wildman–Crippen MR) is 98.3 cm³/mol. The Morgan fingerprint density at radius 3 is 2.25 bits per heavy atom. The maximum absolute atomic E-state index is 10.5. The zero-order valence-corrected chi connectivity index (χ0v) is 15.1. The second-order valence-corrected chi connectivity index (χ2v) is 7.64. The van der Waals surface area contributed by atoms with Crippen molar-refractivity contribution in [2.75, 3.05) is 18.5 Å². The zero-order chi connectivity index (χ0) is 17.6. The fraction of sp³-hybridized carbons (Fsp3) is 0.632. The van der Waals surface area contributed by atoms with Gasteiger partial charge in [-0.3, -0.25) is 0 Å². The molecule has 1 aromatic rings. The van der Waals surface area contributed by atoms with Gasteiger partial charge in [-0.25, -0.2) is 4.79 Å². The van der Waals surface area contributed by atoms with Gasteiger partial charge in [0.1, 0.15) is 6.61 Å². The van der Waals surface area contributed by atoms with Gasteiger partial charge in [-0.05, 0) is 48.8 Å². The smallest absolute Gasteiger partial charge is 0.404 e. The van der Waals surface area contributed by atoms with Crippen LogP contribution in [-0.4, -0.2) is 31.3 Å². The molecule has 1 aromatic carbocycles. The molecule has 1 saturated carbocycles. The summed E-state index contributed by atoms with van der Waals surface area (Å²) in [5.74, 6) is 0. The van der Waals surface area contributed by atoms with Crippen LogP contribution in [0.5, 0.6) is 0 Å². The molecule has 1 aliphatic rings. The fourth-order valence-electron chi connectivity index (χ4n) is 3.16. The normalized spacial score (nSPS) is 21.3. The third-order valence-corrected chi connectivity index (χ3v) is 4.63. The predicted octanol–water partition coefficient (Wildman–Crippen LogP) is 3.39. The third kappa shape index (κ3) is 6.04. The van der Waals surface area contributed by atoms with Gasteiger partial charge in [0.2, 0.25) is 0 Å². The van der Waals surface area contributed by atoms with Crippen LogP contribution in [0.3, 0.4) is 0 Å². The van der Waals surface area contributed by atoms with Gasteiger partial charge in [-0.2, -0.15) is 0 Å². The summed E-state index contributed by atoms with van der Waals surface area (Å²) in [5, 5.41) is 7.07. The molecule has 0 bridgehead atoms. The van der Waals surface area contributed by atoms with E-state index in [9.17, 15) is 4.79 Å². The molecule has 0 radical (unpaired) electrons. The van der Waals surface area contributed by atoms with E-state index in [0.29, 0.717) is 25.2 Å². The van der Waals surface area contributed by atoms with E-state index < -0.39 is 6.09 Å². The summed E-state index contributed by atoms with van der Waals surface area (Å²) in [6.07, 6.45) is 3.86. The first-order valence-electron chi connectivity index (χ1n) is 8.87. The standard InChI is InChI=1S/C19H31N3O2/c1-19(2,3)14-4-6-16(7-5-14)22-17-10-8-15(9-11-17)21-12-13-24-18(20)23/h4-7,15,17,21-22H,8-13H2,1-3H3,(H2,20,23). The summed E-state index contributed by atoms with van der Waals surface area (Å²) in [4.78, 5) is 10.5. The second-order valence-electron chi connectivity index (χ2n) is 7.64. The average Bonchev–Trinajstić information content (AvgIpc) is 2.52. The Morgan fingerprint density at radius 2 is 1.71 bits per heavy atom. The van der Waals surface area contributed by atoms with Crippen molar-refractivity contribution < 1.29 is 9.53 Å². The minimum absolute atomic E-state index is 0.195. The summed E-state index contributed by atoms with van der Waals surface area (Å²) in [6.45, 7) is 7.71. The molecular weight excluding hydrogens is 302 g/mol. The number of ether oxygens (including phenoxy) is 1. The lowest BCUT2D eigenvalue weighted by molar-refractivity contribution is 0.155. The Balaban J connectivity index is 1.70. The lowest BCUT2D eigenvalue weighted by atomic mass is 9.87. The first kappa shape index (κ1) is 18.6. The van der Waals surface area contributed by atoms with Gasteiger partial charge in [0.05, 0.1) is 0 Å². The van der Waals surface area contributed by atoms with E-state index in [0.717, 1.165) is 25.7 Å². The van der Waals surface area contributed by atoms with Crippen molar-refractivity contribution in [3.8, 4) is 0 Å². The van der Waals surface area contributed by atoms with Crippen LogP contribution in [0.25, 0.3) is 0 Å². The van der Waals surface area contributed by atoms with Crippen molar-refractivity contribution in [2.45, 2.75) is 64.0 Å². The van der Waals surface area contributed by atoms with E-state index in [1.54, 1.807) is 0 Å². The Labute approximate surface area is 145 Å². The van der Waals surface area contributed by atoms with Crippen LogP contribution < -0.4 is 16.4 Å². The first-order chi connectivity index (χ1) is 11.3. The van der Waals surface area contributed by atoms with Gasteiger partial charge < -0.3 is 21.1 Å². The van der Waals surface area contributed by atoms with Crippen molar-refractivity contribution in [1.82, 2.24) is 5.32 Å². The van der Waals surface area contributed by atoms with Gasteiger partial charge in [0.25, 0.3) is 0 Å². The summed E-state index contributed by atoms with van der Waals surface area (Å²) in [7, 11) is 0. The molecule has 0 saturated heterocycles. The molecule has 1 fully saturated rings. The number of primary amides is 1. The Kier molecular flexibility index (Phi) is 6.49. The number of nitrogens with one attached hydrogen (secondary N) is 2. The van der Waals surface area contributed by atoms with E-state index in [1.807, 2.05) is 0 Å². The highest BCUT2D eigenvalue weighted by Crippen LogP contribution is 2.26. The molecule has 5 nitrogen and oxygen atoms in total. The number of amides is 1. The minimum atomic E-state index is -0.706. The molecule has 2 rings (SSSR count). The fourth-order valence-corrected chi connectivity index (χ4v) is 3.16. The zero-order valence-electron chi connectivity index (χ0n) is 15.1. The van der Waals surface area contributed by atoms with Gasteiger partial charge in [0, 0.05) is 24.3 Å². The summed E-state index contributed by atoms with van der Waals surface area (Å²) in [5.41, 5.74) is 7.70. The molecule has 1 aliphatic carbocycles. The van der Waals surface area contributed by atoms with Gasteiger partial charge in [0.15, 0.2) is 0 Å². The van der Waals surface area contributed by atoms with E-state index in [-0.39, 0.29) is 5.41 Å². The number of nitrogens with two attached hydrogens (primary N) is 1. The van der Waals surface area contributed by atoms with Crippen molar-refractivity contribution in [3.63, 3.8) is 0 Å². The van der Waals surface area contributed by atoms with E-state index in [2.05, 4.69) is 55.7 Å². The number of hydrogen-bond donors (Lipinski definition) is 3. The van der Waals surface area contributed by atoms with Gasteiger partial charge >= 0.3 is 6.09 Å². The van der Waals surface area contributed by atoms with Crippen LogP contribution in [-0.2, 0) is 10.2 Å². The highest BCUT2D eigenvalue weighted by atomic mass is 16.5. The number of carbonyl (C=O) groups excluding carboxylic acids is 1. The summed E-state index contributed by atoms with van der Waals surface area (Å²) < 4.78 is 4.73. The molecule has 24 heavy (non-hydrogen) atoms.